The van der Waals surface area contributed by atoms with Gasteiger partial charge >= 0.3 is 5.97 Å². The molecule has 1 aliphatic rings. The van der Waals surface area contributed by atoms with E-state index in [0.29, 0.717) is 12.8 Å². The van der Waals surface area contributed by atoms with Crippen LogP contribution in [-0.2, 0) is 23.8 Å². The average molecular weight is 255 g/mol. The SMILES string of the molecule is C#CCCCC1OCC(C(=O)NCC(=O)OC)O1. The number of hydrogen-bond acceptors (Lipinski definition) is 5. The number of methoxy groups -OCH3 is 1. The van der Waals surface area contributed by atoms with E-state index in [0.717, 1.165) is 6.42 Å². The lowest BCUT2D eigenvalue weighted by atomic mass is 10.2. The lowest BCUT2D eigenvalue weighted by Gasteiger charge is -2.10. The van der Waals surface area contributed by atoms with Gasteiger partial charge in [0.15, 0.2) is 12.4 Å². The Bertz CT molecular complexity index is 336. The number of ether oxygens (including phenoxy) is 3. The minimum Gasteiger partial charge on any atom is -0.468 e. The second-order valence-electron chi connectivity index (χ2n) is 3.78. The van der Waals surface area contributed by atoms with E-state index in [1.165, 1.54) is 7.11 Å². The normalized spacial score (nSPS) is 22.2. The summed E-state index contributed by atoms with van der Waals surface area (Å²) in [5.41, 5.74) is 0. The molecule has 0 spiro atoms. The Morgan fingerprint density at radius 3 is 3.00 bits per heavy atom. The van der Waals surface area contributed by atoms with Crippen LogP contribution >= 0.6 is 0 Å². The molecule has 0 bridgehead atoms. The van der Waals surface area contributed by atoms with Crippen molar-refractivity contribution in [3.63, 3.8) is 0 Å². The van der Waals surface area contributed by atoms with Crippen LogP contribution < -0.4 is 5.32 Å². The van der Waals surface area contributed by atoms with Gasteiger partial charge in [-0.1, -0.05) is 0 Å². The quantitative estimate of drug-likeness (QED) is 0.405. The minimum absolute atomic E-state index is 0.170. The van der Waals surface area contributed by atoms with Crippen molar-refractivity contribution in [2.45, 2.75) is 31.7 Å². The summed E-state index contributed by atoms with van der Waals surface area (Å²) in [5, 5.41) is 2.41. The summed E-state index contributed by atoms with van der Waals surface area (Å²) in [6.45, 7) is 0.0185. The number of rotatable bonds is 6. The maximum absolute atomic E-state index is 11.6. The third kappa shape index (κ3) is 4.73. The number of hydrogen-bond donors (Lipinski definition) is 1. The molecule has 2 atom stereocenters. The first-order valence-corrected chi connectivity index (χ1v) is 5.72. The molecule has 100 valence electrons. The second-order valence-corrected chi connectivity index (χ2v) is 3.78. The van der Waals surface area contributed by atoms with E-state index in [1.54, 1.807) is 0 Å². The van der Waals surface area contributed by atoms with Crippen molar-refractivity contribution in [1.82, 2.24) is 5.32 Å². The van der Waals surface area contributed by atoms with Crippen LogP contribution in [0.25, 0.3) is 0 Å². The van der Waals surface area contributed by atoms with Gasteiger partial charge in [-0.15, -0.1) is 12.3 Å². The van der Waals surface area contributed by atoms with E-state index in [9.17, 15) is 9.59 Å². The molecule has 0 saturated carbocycles. The zero-order chi connectivity index (χ0) is 13.4. The van der Waals surface area contributed by atoms with Gasteiger partial charge in [-0.25, -0.2) is 0 Å². The predicted octanol–water partition coefficient (Wildman–Crippen LogP) is -0.179. The van der Waals surface area contributed by atoms with Crippen LogP contribution in [0.1, 0.15) is 19.3 Å². The predicted molar refractivity (Wildman–Crippen MR) is 62.3 cm³/mol. The van der Waals surface area contributed by atoms with Crippen molar-refractivity contribution in [2.75, 3.05) is 20.3 Å². The Morgan fingerprint density at radius 2 is 2.33 bits per heavy atom. The first-order chi connectivity index (χ1) is 8.67. The lowest BCUT2D eigenvalue weighted by Crippen LogP contribution is -2.39. The largest absolute Gasteiger partial charge is 0.468 e. The minimum atomic E-state index is -0.675. The van der Waals surface area contributed by atoms with Gasteiger partial charge in [-0.2, -0.15) is 0 Å². The fourth-order valence-corrected chi connectivity index (χ4v) is 1.46. The van der Waals surface area contributed by atoms with E-state index >= 15 is 0 Å². The molecule has 2 unspecified atom stereocenters. The Labute approximate surface area is 106 Å². The van der Waals surface area contributed by atoms with E-state index in [-0.39, 0.29) is 19.1 Å². The highest BCUT2D eigenvalue weighted by atomic mass is 16.7. The molecule has 1 rings (SSSR count). The summed E-state index contributed by atoms with van der Waals surface area (Å²) in [6, 6.07) is 0. The first kappa shape index (κ1) is 14.5. The Hall–Kier alpha value is -1.58. The van der Waals surface area contributed by atoms with Gasteiger partial charge < -0.3 is 19.5 Å². The number of amides is 1. The van der Waals surface area contributed by atoms with Crippen molar-refractivity contribution in [1.29, 1.82) is 0 Å². The van der Waals surface area contributed by atoms with Crippen LogP contribution in [-0.4, -0.2) is 44.5 Å². The fourth-order valence-electron chi connectivity index (χ4n) is 1.46. The molecule has 0 aromatic heterocycles. The van der Waals surface area contributed by atoms with Gasteiger partial charge in [0.05, 0.1) is 13.7 Å². The molecule has 1 amide bonds. The maximum Gasteiger partial charge on any atom is 0.325 e. The monoisotopic (exact) mass is 255 g/mol. The highest BCUT2D eigenvalue weighted by molar-refractivity contribution is 5.85. The maximum atomic E-state index is 11.6. The van der Waals surface area contributed by atoms with Crippen LogP contribution in [0.5, 0.6) is 0 Å². The van der Waals surface area contributed by atoms with Crippen molar-refractivity contribution < 1.29 is 23.8 Å². The van der Waals surface area contributed by atoms with Crippen LogP contribution in [0.2, 0.25) is 0 Å². The second kappa shape index (κ2) is 7.69. The number of carbonyl (C=O) groups is 2. The topological polar surface area (TPSA) is 73.9 Å². The van der Waals surface area contributed by atoms with Gasteiger partial charge in [0.1, 0.15) is 6.54 Å². The molecule has 0 aliphatic carbocycles. The average Bonchev–Trinajstić information content (AvgIpc) is 2.84. The smallest absolute Gasteiger partial charge is 0.325 e. The number of carbonyl (C=O) groups excluding carboxylic acids is 2. The van der Waals surface area contributed by atoms with Gasteiger partial charge in [0, 0.05) is 6.42 Å². The standard InChI is InChI=1S/C12H17NO5/c1-3-4-5-6-11-17-8-9(18-11)12(15)13-7-10(14)16-2/h1,9,11H,4-8H2,2H3,(H,13,15). The summed E-state index contributed by atoms with van der Waals surface area (Å²) >= 11 is 0. The Kier molecular flexibility index (Phi) is 6.19. The third-order valence-electron chi connectivity index (χ3n) is 2.44. The van der Waals surface area contributed by atoms with Crippen molar-refractivity contribution in [2.24, 2.45) is 0 Å². The number of terminal acetylenes is 1. The zero-order valence-electron chi connectivity index (χ0n) is 10.3. The number of nitrogens with one attached hydrogen (secondary N) is 1. The Balaban J connectivity index is 2.22. The molecule has 1 heterocycles. The first-order valence-electron chi connectivity index (χ1n) is 5.72. The summed E-state index contributed by atoms with van der Waals surface area (Å²) in [5.74, 6) is 1.64. The number of esters is 1. The molecule has 6 heteroatoms. The van der Waals surface area contributed by atoms with Crippen molar-refractivity contribution in [3.05, 3.63) is 0 Å². The van der Waals surface area contributed by atoms with E-state index in [2.05, 4.69) is 16.0 Å². The van der Waals surface area contributed by atoms with Gasteiger partial charge in [0.2, 0.25) is 0 Å². The van der Waals surface area contributed by atoms with Crippen LogP contribution in [0.3, 0.4) is 0 Å². The van der Waals surface area contributed by atoms with Gasteiger partial charge in [-0.3, -0.25) is 9.59 Å². The van der Waals surface area contributed by atoms with Crippen molar-refractivity contribution in [3.8, 4) is 12.3 Å². The van der Waals surface area contributed by atoms with E-state index < -0.39 is 18.4 Å². The molecule has 6 nitrogen and oxygen atoms in total. The molecule has 1 fully saturated rings. The van der Waals surface area contributed by atoms with Gasteiger partial charge in [0.25, 0.3) is 5.91 Å². The van der Waals surface area contributed by atoms with Crippen LogP contribution in [0.15, 0.2) is 0 Å². The molecule has 18 heavy (non-hydrogen) atoms. The molecule has 1 N–H and O–H groups in total. The fraction of sp³-hybridized carbons (Fsp3) is 0.667. The van der Waals surface area contributed by atoms with E-state index in [4.69, 9.17) is 15.9 Å². The highest BCUT2D eigenvalue weighted by Gasteiger charge is 2.31. The Morgan fingerprint density at radius 1 is 1.56 bits per heavy atom. The number of unbranched alkanes of at least 4 members (excludes halogenated alkanes) is 1. The molecule has 0 aromatic carbocycles. The molecule has 0 radical (unpaired) electrons. The van der Waals surface area contributed by atoms with Crippen LogP contribution in [0, 0.1) is 12.3 Å². The molecular formula is C12H17NO5. The van der Waals surface area contributed by atoms with Crippen molar-refractivity contribution >= 4 is 11.9 Å². The molecule has 1 saturated heterocycles. The molecule has 1 aliphatic heterocycles. The summed E-state index contributed by atoms with van der Waals surface area (Å²) < 4.78 is 15.1. The highest BCUT2D eigenvalue weighted by Crippen LogP contribution is 2.16. The molecule has 0 aromatic rings. The zero-order valence-corrected chi connectivity index (χ0v) is 10.3. The van der Waals surface area contributed by atoms with Gasteiger partial charge in [-0.05, 0) is 12.8 Å². The van der Waals surface area contributed by atoms with Crippen LogP contribution in [0.4, 0.5) is 0 Å². The lowest BCUT2D eigenvalue weighted by molar-refractivity contribution is -0.143. The summed E-state index contributed by atoms with van der Waals surface area (Å²) in [7, 11) is 1.26. The summed E-state index contributed by atoms with van der Waals surface area (Å²) in [6.07, 6.45) is 6.16. The summed E-state index contributed by atoms with van der Waals surface area (Å²) in [4.78, 5) is 22.4. The van der Waals surface area contributed by atoms with E-state index in [1.807, 2.05) is 0 Å². The molecular weight excluding hydrogens is 238 g/mol. The third-order valence-corrected chi connectivity index (χ3v) is 2.44.